The van der Waals surface area contributed by atoms with Gasteiger partial charge in [0.1, 0.15) is 5.60 Å². The Morgan fingerprint density at radius 2 is 2.18 bits per heavy atom. The van der Waals surface area contributed by atoms with Crippen molar-refractivity contribution in [2.24, 2.45) is 4.99 Å². The molecule has 0 aromatic carbocycles. The SMILES string of the molecule is CCCCC(CNC(=O)OC(C)(C)C)NC1=NCCCN1.I. The van der Waals surface area contributed by atoms with E-state index in [9.17, 15) is 4.79 Å². The topological polar surface area (TPSA) is 74.8 Å². The summed E-state index contributed by atoms with van der Waals surface area (Å²) in [6.45, 7) is 10.1. The molecular weight excluding hydrogens is 395 g/mol. The molecule has 1 aliphatic rings. The third-order valence-corrected chi connectivity index (χ3v) is 3.04. The molecule has 130 valence electrons. The first-order valence-corrected chi connectivity index (χ1v) is 7.92. The summed E-state index contributed by atoms with van der Waals surface area (Å²) in [6, 6.07) is 0.168. The van der Waals surface area contributed by atoms with Crippen molar-refractivity contribution in [3.63, 3.8) is 0 Å². The third-order valence-electron chi connectivity index (χ3n) is 3.04. The average Bonchev–Trinajstić information content (AvgIpc) is 2.41. The van der Waals surface area contributed by atoms with E-state index in [0.29, 0.717) is 6.54 Å². The smallest absolute Gasteiger partial charge is 0.407 e. The number of rotatable bonds is 6. The summed E-state index contributed by atoms with van der Waals surface area (Å²) in [5.41, 5.74) is -0.467. The molecule has 1 atom stereocenters. The fraction of sp³-hybridized carbons (Fsp3) is 0.867. The van der Waals surface area contributed by atoms with E-state index in [2.05, 4.69) is 27.9 Å². The van der Waals surface area contributed by atoms with Crippen molar-refractivity contribution in [1.29, 1.82) is 0 Å². The number of amides is 1. The van der Waals surface area contributed by atoms with Crippen LogP contribution in [0, 0.1) is 0 Å². The highest BCUT2D eigenvalue weighted by molar-refractivity contribution is 14.0. The molecular formula is C15H31IN4O2. The van der Waals surface area contributed by atoms with Crippen molar-refractivity contribution >= 4 is 36.0 Å². The number of guanidine groups is 1. The molecule has 22 heavy (non-hydrogen) atoms. The van der Waals surface area contributed by atoms with Crippen LogP contribution in [0.25, 0.3) is 0 Å². The van der Waals surface area contributed by atoms with E-state index in [1.54, 1.807) is 0 Å². The molecule has 0 bridgehead atoms. The van der Waals surface area contributed by atoms with Crippen LogP contribution < -0.4 is 16.0 Å². The maximum atomic E-state index is 11.7. The average molecular weight is 426 g/mol. The third kappa shape index (κ3) is 10.1. The van der Waals surface area contributed by atoms with Crippen LogP contribution in [0.15, 0.2) is 4.99 Å². The molecule has 0 saturated carbocycles. The number of hydrogen-bond acceptors (Lipinski definition) is 5. The van der Waals surface area contributed by atoms with Gasteiger partial charge in [0.05, 0.1) is 0 Å². The zero-order valence-electron chi connectivity index (χ0n) is 14.2. The van der Waals surface area contributed by atoms with Gasteiger partial charge in [-0.1, -0.05) is 19.8 Å². The molecule has 3 N–H and O–H groups in total. The Balaban J connectivity index is 0.00000441. The molecule has 0 fully saturated rings. The molecule has 1 aliphatic heterocycles. The van der Waals surface area contributed by atoms with Crippen LogP contribution in [0.3, 0.4) is 0 Å². The van der Waals surface area contributed by atoms with Crippen LogP contribution in [-0.4, -0.2) is 43.3 Å². The molecule has 0 aliphatic carbocycles. The molecule has 0 radical (unpaired) electrons. The van der Waals surface area contributed by atoms with Gasteiger partial charge in [0.25, 0.3) is 0 Å². The lowest BCUT2D eigenvalue weighted by molar-refractivity contribution is 0.0523. The maximum absolute atomic E-state index is 11.7. The number of carbonyl (C=O) groups is 1. The molecule has 1 unspecified atom stereocenters. The van der Waals surface area contributed by atoms with Gasteiger partial charge in [-0.3, -0.25) is 4.99 Å². The van der Waals surface area contributed by atoms with E-state index in [-0.39, 0.29) is 36.1 Å². The predicted molar refractivity (Wildman–Crippen MR) is 101 cm³/mol. The fourth-order valence-corrected chi connectivity index (χ4v) is 2.02. The lowest BCUT2D eigenvalue weighted by Gasteiger charge is -2.25. The lowest BCUT2D eigenvalue weighted by Crippen LogP contribution is -2.50. The second-order valence-corrected chi connectivity index (χ2v) is 6.38. The Kier molecular flexibility index (Phi) is 10.5. The number of nitrogens with one attached hydrogen (secondary N) is 3. The van der Waals surface area contributed by atoms with E-state index in [4.69, 9.17) is 4.74 Å². The zero-order chi connectivity index (χ0) is 15.7. The first kappa shape index (κ1) is 21.3. The maximum Gasteiger partial charge on any atom is 0.407 e. The van der Waals surface area contributed by atoms with Gasteiger partial charge in [0.15, 0.2) is 5.96 Å². The Hall–Kier alpha value is -0.730. The summed E-state index contributed by atoms with van der Waals surface area (Å²) in [7, 11) is 0. The zero-order valence-corrected chi connectivity index (χ0v) is 16.5. The number of nitrogens with zero attached hydrogens (tertiary/aromatic N) is 1. The molecule has 1 heterocycles. The van der Waals surface area contributed by atoms with Crippen LogP contribution >= 0.6 is 24.0 Å². The molecule has 0 spiro atoms. The first-order chi connectivity index (χ1) is 9.90. The second kappa shape index (κ2) is 10.9. The molecule has 0 aromatic heterocycles. The Morgan fingerprint density at radius 1 is 1.45 bits per heavy atom. The highest BCUT2D eigenvalue weighted by atomic mass is 127. The summed E-state index contributed by atoms with van der Waals surface area (Å²) >= 11 is 0. The van der Waals surface area contributed by atoms with Gasteiger partial charge in [-0.25, -0.2) is 4.79 Å². The number of ether oxygens (including phenoxy) is 1. The highest BCUT2D eigenvalue weighted by Gasteiger charge is 2.18. The number of unbranched alkanes of at least 4 members (excludes halogenated alkanes) is 1. The van der Waals surface area contributed by atoms with Gasteiger partial charge in [-0.15, -0.1) is 24.0 Å². The van der Waals surface area contributed by atoms with Crippen molar-refractivity contribution < 1.29 is 9.53 Å². The van der Waals surface area contributed by atoms with Gasteiger partial charge in [-0.05, 0) is 33.6 Å². The van der Waals surface area contributed by atoms with Crippen molar-refractivity contribution in [1.82, 2.24) is 16.0 Å². The van der Waals surface area contributed by atoms with Crippen LogP contribution in [0.2, 0.25) is 0 Å². The van der Waals surface area contributed by atoms with Crippen molar-refractivity contribution in [3.05, 3.63) is 0 Å². The quantitative estimate of drug-likeness (QED) is 0.571. The van der Waals surface area contributed by atoms with Crippen LogP contribution in [0.1, 0.15) is 53.4 Å². The first-order valence-electron chi connectivity index (χ1n) is 7.92. The number of alkyl carbamates (subject to hydrolysis) is 1. The largest absolute Gasteiger partial charge is 0.444 e. The molecule has 7 heteroatoms. The molecule has 0 aromatic rings. The monoisotopic (exact) mass is 426 g/mol. The predicted octanol–water partition coefficient (Wildman–Crippen LogP) is 2.63. The lowest BCUT2D eigenvalue weighted by atomic mass is 10.1. The van der Waals surface area contributed by atoms with E-state index < -0.39 is 5.60 Å². The number of hydrogen-bond donors (Lipinski definition) is 3. The summed E-state index contributed by atoms with van der Waals surface area (Å²) < 4.78 is 5.26. The van der Waals surface area contributed by atoms with E-state index in [1.807, 2.05) is 20.8 Å². The minimum absolute atomic E-state index is 0. The van der Waals surface area contributed by atoms with Gasteiger partial charge in [0.2, 0.25) is 0 Å². The molecule has 1 rings (SSSR count). The van der Waals surface area contributed by atoms with Gasteiger partial charge >= 0.3 is 6.09 Å². The van der Waals surface area contributed by atoms with E-state index in [1.165, 1.54) is 0 Å². The number of carbonyl (C=O) groups excluding carboxylic acids is 1. The van der Waals surface area contributed by atoms with Crippen molar-refractivity contribution in [3.8, 4) is 0 Å². The Morgan fingerprint density at radius 3 is 2.73 bits per heavy atom. The van der Waals surface area contributed by atoms with E-state index >= 15 is 0 Å². The van der Waals surface area contributed by atoms with Gasteiger partial charge in [-0.2, -0.15) is 0 Å². The Labute approximate surface area is 151 Å². The molecule has 0 saturated heterocycles. The van der Waals surface area contributed by atoms with Crippen molar-refractivity contribution in [2.45, 2.75) is 65.0 Å². The molecule has 6 nitrogen and oxygen atoms in total. The van der Waals surface area contributed by atoms with Crippen molar-refractivity contribution in [2.75, 3.05) is 19.6 Å². The minimum atomic E-state index is -0.467. The minimum Gasteiger partial charge on any atom is -0.444 e. The van der Waals surface area contributed by atoms with Crippen LogP contribution in [0.4, 0.5) is 4.79 Å². The van der Waals surface area contributed by atoms with Crippen LogP contribution in [0.5, 0.6) is 0 Å². The summed E-state index contributed by atoms with van der Waals surface area (Å²) in [6.07, 6.45) is 3.93. The number of halogens is 1. The normalized spacial score (nSPS) is 15.7. The van der Waals surface area contributed by atoms with Gasteiger partial charge in [0, 0.05) is 25.7 Å². The second-order valence-electron chi connectivity index (χ2n) is 6.38. The Bertz CT molecular complexity index is 356. The summed E-state index contributed by atoms with van der Waals surface area (Å²) in [5.74, 6) is 0.841. The number of aliphatic imine (C=N–C) groups is 1. The summed E-state index contributed by atoms with van der Waals surface area (Å²) in [4.78, 5) is 16.1. The van der Waals surface area contributed by atoms with E-state index in [0.717, 1.165) is 44.7 Å². The standard InChI is InChI=1S/C15H30N4O2.HI/c1-5-6-8-12(19-13-16-9-7-10-17-13)11-18-14(20)21-15(2,3)4;/h12H,5-11H2,1-4H3,(H,18,20)(H2,16,17,19);1H. The molecule has 1 amide bonds. The fourth-order valence-electron chi connectivity index (χ4n) is 2.02. The van der Waals surface area contributed by atoms with Gasteiger partial charge < -0.3 is 20.7 Å². The van der Waals surface area contributed by atoms with Crippen LogP contribution in [-0.2, 0) is 4.74 Å². The summed E-state index contributed by atoms with van der Waals surface area (Å²) in [5, 5.41) is 9.46. The highest BCUT2D eigenvalue weighted by Crippen LogP contribution is 2.07.